The molecule has 10 heteroatoms. The number of alkyl halides is 3. The van der Waals surface area contributed by atoms with Crippen LogP contribution in [0.4, 0.5) is 18.9 Å². The van der Waals surface area contributed by atoms with Crippen LogP contribution in [0.1, 0.15) is 0 Å². The predicted octanol–water partition coefficient (Wildman–Crippen LogP) is 4.55. The number of thioether (sulfide) groups is 1. The van der Waals surface area contributed by atoms with Crippen LogP contribution in [0, 0.1) is 0 Å². The van der Waals surface area contributed by atoms with Crippen molar-refractivity contribution in [3.05, 3.63) is 58.4 Å². The number of hydrogen-bond acceptors (Lipinski definition) is 6. The maximum atomic E-state index is 12.6. The van der Waals surface area contributed by atoms with E-state index < -0.39 is 17.4 Å². The smallest absolute Gasteiger partial charge is 0.446 e. The van der Waals surface area contributed by atoms with Gasteiger partial charge in [0.2, 0.25) is 0 Å². The van der Waals surface area contributed by atoms with Crippen molar-refractivity contribution >= 4 is 45.3 Å². The van der Waals surface area contributed by atoms with E-state index in [9.17, 15) is 22.8 Å². The average molecular weight is 464 g/mol. The molecular formula is C17H13BrF3NO4S. The molecule has 1 heterocycles. The van der Waals surface area contributed by atoms with Crippen LogP contribution in [0.5, 0.6) is 0 Å². The van der Waals surface area contributed by atoms with E-state index in [0.29, 0.717) is 5.69 Å². The number of benzene rings is 1. The molecular weight excluding hydrogens is 451 g/mol. The lowest BCUT2D eigenvalue weighted by Crippen LogP contribution is -2.27. The summed E-state index contributed by atoms with van der Waals surface area (Å²) in [6.07, 6.45) is 5.95. The number of allylic oxidation sites excluding steroid dienone is 2. The van der Waals surface area contributed by atoms with E-state index >= 15 is 0 Å². The van der Waals surface area contributed by atoms with Crippen molar-refractivity contribution in [1.82, 2.24) is 0 Å². The normalized spacial score (nSPS) is 14.2. The van der Waals surface area contributed by atoms with E-state index in [4.69, 9.17) is 9.47 Å². The van der Waals surface area contributed by atoms with E-state index in [1.807, 2.05) is 0 Å². The van der Waals surface area contributed by atoms with Gasteiger partial charge in [0.25, 0.3) is 0 Å². The van der Waals surface area contributed by atoms with E-state index in [1.165, 1.54) is 48.6 Å². The summed E-state index contributed by atoms with van der Waals surface area (Å²) in [5, 5.41) is 0. The number of halogens is 4. The molecule has 0 atom stereocenters. The third-order valence-electron chi connectivity index (χ3n) is 3.30. The molecule has 0 N–H and O–H groups in total. The minimum atomic E-state index is -4.43. The molecule has 0 saturated carbocycles. The highest BCUT2D eigenvalue weighted by Gasteiger charge is 2.31. The number of nitrogens with zero attached hydrogens (tertiary/aromatic N) is 1. The fourth-order valence-corrected chi connectivity index (χ4v) is 3.53. The van der Waals surface area contributed by atoms with Crippen molar-refractivity contribution in [1.29, 1.82) is 0 Å². The van der Waals surface area contributed by atoms with Gasteiger partial charge in [-0.1, -0.05) is 6.08 Å². The third kappa shape index (κ3) is 5.16. The highest BCUT2D eigenvalue weighted by molar-refractivity contribution is 9.10. The third-order valence-corrected chi connectivity index (χ3v) is 4.66. The van der Waals surface area contributed by atoms with Crippen LogP contribution in [0.15, 0.2) is 63.3 Å². The summed E-state index contributed by atoms with van der Waals surface area (Å²) in [7, 11) is 2.32. The Balaban J connectivity index is 2.57. The summed E-state index contributed by atoms with van der Waals surface area (Å²) < 4.78 is 47.5. The summed E-state index contributed by atoms with van der Waals surface area (Å²) in [5.41, 5.74) is -4.28. The van der Waals surface area contributed by atoms with Crippen molar-refractivity contribution in [3.63, 3.8) is 0 Å². The molecule has 0 saturated heterocycles. The van der Waals surface area contributed by atoms with Crippen molar-refractivity contribution < 1.29 is 32.2 Å². The van der Waals surface area contributed by atoms with Gasteiger partial charge in [-0.05, 0) is 58.0 Å². The number of esters is 2. The number of carbonyl (C=O) groups is 2. The molecule has 2 rings (SSSR count). The lowest BCUT2D eigenvalue weighted by Gasteiger charge is -2.24. The lowest BCUT2D eigenvalue weighted by molar-refractivity contribution is -0.139. The molecule has 0 bridgehead atoms. The van der Waals surface area contributed by atoms with Gasteiger partial charge in [0.15, 0.2) is 0 Å². The number of carbonyl (C=O) groups excluding carboxylic acids is 2. The maximum absolute atomic E-state index is 12.6. The Kier molecular flexibility index (Phi) is 6.77. The fraction of sp³-hybridized carbons (Fsp3) is 0.176. The van der Waals surface area contributed by atoms with E-state index in [2.05, 4.69) is 15.9 Å². The van der Waals surface area contributed by atoms with Crippen molar-refractivity contribution in [2.45, 2.75) is 10.4 Å². The van der Waals surface area contributed by atoms with Gasteiger partial charge >= 0.3 is 17.4 Å². The van der Waals surface area contributed by atoms with E-state index in [1.54, 1.807) is 6.08 Å². The second-order valence-corrected chi connectivity index (χ2v) is 6.97. The largest absolute Gasteiger partial charge is 0.465 e. The number of hydrogen-bond donors (Lipinski definition) is 0. The molecule has 1 aliphatic rings. The van der Waals surface area contributed by atoms with Crippen molar-refractivity contribution in [2.75, 3.05) is 19.1 Å². The zero-order valence-electron chi connectivity index (χ0n) is 14.0. The summed E-state index contributed by atoms with van der Waals surface area (Å²) in [4.78, 5) is 25.7. The van der Waals surface area contributed by atoms with Crippen LogP contribution >= 0.6 is 27.7 Å². The highest BCUT2D eigenvalue weighted by atomic mass is 79.9. The van der Waals surface area contributed by atoms with Gasteiger partial charge in [0, 0.05) is 15.6 Å². The van der Waals surface area contributed by atoms with Gasteiger partial charge in [0.05, 0.1) is 25.5 Å². The lowest BCUT2D eigenvalue weighted by atomic mass is 10.1. The van der Waals surface area contributed by atoms with Gasteiger partial charge in [-0.2, -0.15) is 13.2 Å². The highest BCUT2D eigenvalue weighted by Crippen LogP contribution is 2.40. The van der Waals surface area contributed by atoms with Crippen LogP contribution in [-0.4, -0.2) is 31.7 Å². The van der Waals surface area contributed by atoms with Gasteiger partial charge in [-0.25, -0.2) is 9.59 Å². The average Bonchev–Trinajstić information content (AvgIpc) is 2.82. The number of rotatable bonds is 4. The van der Waals surface area contributed by atoms with Gasteiger partial charge < -0.3 is 14.4 Å². The first-order valence-electron chi connectivity index (χ1n) is 7.28. The first-order valence-corrected chi connectivity index (χ1v) is 8.89. The molecule has 0 fully saturated rings. The van der Waals surface area contributed by atoms with Crippen LogP contribution < -0.4 is 4.90 Å². The second kappa shape index (κ2) is 8.66. The van der Waals surface area contributed by atoms with Crippen LogP contribution in [0.2, 0.25) is 0 Å². The Morgan fingerprint density at radius 1 is 1.11 bits per heavy atom. The monoisotopic (exact) mass is 463 g/mol. The molecule has 1 aliphatic heterocycles. The summed E-state index contributed by atoms with van der Waals surface area (Å²) in [5.74, 6) is -1.58. The van der Waals surface area contributed by atoms with Gasteiger partial charge in [-0.3, -0.25) is 0 Å². The fourth-order valence-electron chi connectivity index (χ4n) is 2.23. The SMILES string of the molecule is COC(=O)C1=C(C(=O)OC)N(c2ccc(SC(F)(F)F)cc2Br)C=CC=C1. The molecule has 0 aromatic heterocycles. The quantitative estimate of drug-likeness (QED) is 0.482. The Morgan fingerprint density at radius 2 is 1.78 bits per heavy atom. The molecule has 0 amide bonds. The summed E-state index contributed by atoms with van der Waals surface area (Å²) in [6, 6.07) is 3.93. The number of methoxy groups -OCH3 is 2. The van der Waals surface area contributed by atoms with E-state index in [0.717, 1.165) is 7.11 Å². The molecule has 1 aromatic rings. The zero-order valence-corrected chi connectivity index (χ0v) is 16.4. The molecule has 0 spiro atoms. The molecule has 27 heavy (non-hydrogen) atoms. The number of ether oxygens (including phenoxy) is 2. The summed E-state index contributed by atoms with van der Waals surface area (Å²) >= 11 is 2.96. The summed E-state index contributed by atoms with van der Waals surface area (Å²) in [6.45, 7) is 0. The van der Waals surface area contributed by atoms with E-state index in [-0.39, 0.29) is 32.4 Å². The van der Waals surface area contributed by atoms with Gasteiger partial charge in [0.1, 0.15) is 5.70 Å². The molecule has 1 aromatic carbocycles. The minimum absolute atomic E-state index is 0.0353. The van der Waals surface area contributed by atoms with Crippen molar-refractivity contribution in [3.8, 4) is 0 Å². The van der Waals surface area contributed by atoms with Crippen LogP contribution in [-0.2, 0) is 19.1 Å². The van der Waals surface area contributed by atoms with Crippen molar-refractivity contribution in [2.24, 2.45) is 0 Å². The molecule has 0 radical (unpaired) electrons. The number of anilines is 1. The Hall–Kier alpha value is -2.20. The van der Waals surface area contributed by atoms with Crippen LogP contribution in [0.25, 0.3) is 0 Å². The minimum Gasteiger partial charge on any atom is -0.465 e. The molecule has 0 unspecified atom stereocenters. The molecule has 5 nitrogen and oxygen atoms in total. The first kappa shape index (κ1) is 21.1. The first-order chi connectivity index (χ1) is 12.7. The van der Waals surface area contributed by atoms with Gasteiger partial charge in [-0.15, -0.1) is 0 Å². The maximum Gasteiger partial charge on any atom is 0.446 e. The zero-order chi connectivity index (χ0) is 20.2. The Morgan fingerprint density at radius 3 is 2.33 bits per heavy atom. The molecule has 0 aliphatic carbocycles. The molecule has 144 valence electrons. The second-order valence-electron chi connectivity index (χ2n) is 4.98. The Bertz CT molecular complexity index is 849. The predicted molar refractivity (Wildman–Crippen MR) is 97.9 cm³/mol. The van der Waals surface area contributed by atoms with Crippen LogP contribution in [0.3, 0.4) is 0 Å². The Labute approximate surface area is 165 Å². The topological polar surface area (TPSA) is 55.8 Å². The standard InChI is InChI=1S/C17H13BrF3NO4S/c1-25-15(23)11-5-3-4-8-22(14(11)16(24)26-2)13-7-6-10(9-12(13)18)27-17(19,20)21/h3-9H,1-2H3.